The third kappa shape index (κ3) is 4.80. The molecule has 0 saturated heterocycles. The molecule has 2 aromatic carbocycles. The molecule has 0 unspecified atom stereocenters. The Kier molecular flexibility index (Phi) is 5.91. The van der Waals surface area contributed by atoms with Crippen molar-refractivity contribution in [3.05, 3.63) is 63.7 Å². The van der Waals surface area contributed by atoms with Crippen LogP contribution in [0.15, 0.2) is 47.4 Å². The van der Waals surface area contributed by atoms with Crippen LogP contribution in [0, 0.1) is 10.1 Å². The average Bonchev–Trinajstić information content (AvgIpc) is 2.60. The number of hydrogen-bond acceptors (Lipinski definition) is 6. The molecule has 0 aliphatic rings. The molecule has 2 aromatic rings. The molecule has 26 heavy (non-hydrogen) atoms. The van der Waals surface area contributed by atoms with Crippen molar-refractivity contribution in [3.63, 3.8) is 0 Å². The van der Waals surface area contributed by atoms with Gasteiger partial charge >= 0.3 is 0 Å². The van der Waals surface area contributed by atoms with E-state index in [4.69, 9.17) is 11.5 Å². The molecule has 0 aliphatic carbocycles. The molecule has 5 N–H and O–H groups in total. The largest absolute Gasteiger partial charge is 0.366 e. The molecular formula is C16H14N4O5S. The molecule has 0 heterocycles. The number of anilines is 1. The van der Waals surface area contributed by atoms with Crippen LogP contribution in [0.2, 0.25) is 0 Å². The van der Waals surface area contributed by atoms with E-state index in [1.54, 1.807) is 0 Å². The van der Waals surface area contributed by atoms with E-state index in [0.29, 0.717) is 11.3 Å². The van der Waals surface area contributed by atoms with Crippen molar-refractivity contribution in [3.8, 4) is 0 Å². The summed E-state index contributed by atoms with van der Waals surface area (Å²) in [5.74, 6) is -1.84. The second kappa shape index (κ2) is 8.12. The predicted octanol–water partition coefficient (Wildman–Crippen LogP) is 1.52. The van der Waals surface area contributed by atoms with Gasteiger partial charge in [0.1, 0.15) is 0 Å². The Morgan fingerprint density at radius 2 is 1.58 bits per heavy atom. The minimum atomic E-state index is -0.776. The van der Waals surface area contributed by atoms with Gasteiger partial charge in [-0.3, -0.25) is 24.5 Å². The van der Waals surface area contributed by atoms with E-state index in [9.17, 15) is 24.5 Å². The highest BCUT2D eigenvalue weighted by Gasteiger charge is 2.18. The maximum Gasteiger partial charge on any atom is 0.283 e. The molecule has 2 rings (SSSR count). The van der Waals surface area contributed by atoms with Gasteiger partial charge in [0.15, 0.2) is 0 Å². The third-order valence-electron chi connectivity index (χ3n) is 3.25. The van der Waals surface area contributed by atoms with Gasteiger partial charge in [0.05, 0.1) is 15.6 Å². The molecule has 0 bridgehead atoms. The Bertz CT molecular complexity index is 883. The molecule has 0 fully saturated rings. The minimum Gasteiger partial charge on any atom is -0.366 e. The maximum atomic E-state index is 12.0. The number of nitrogens with zero attached hydrogens (tertiary/aromatic N) is 1. The van der Waals surface area contributed by atoms with Crippen LogP contribution in [0.4, 0.5) is 11.4 Å². The zero-order valence-corrected chi connectivity index (χ0v) is 14.1. The number of carbonyl (C=O) groups excluding carboxylic acids is 3. The molecule has 134 valence electrons. The van der Waals surface area contributed by atoms with Crippen molar-refractivity contribution in [2.24, 2.45) is 11.5 Å². The fraction of sp³-hybridized carbons (Fsp3) is 0.0625. The lowest BCUT2D eigenvalue weighted by atomic mass is 10.2. The summed E-state index contributed by atoms with van der Waals surface area (Å²) in [6.45, 7) is 0. The number of primary amides is 2. The summed E-state index contributed by atoms with van der Waals surface area (Å²) in [5.41, 5.74) is 10.7. The highest BCUT2D eigenvalue weighted by molar-refractivity contribution is 8.00. The molecule has 3 amide bonds. The van der Waals surface area contributed by atoms with Crippen LogP contribution < -0.4 is 16.8 Å². The standard InChI is InChI=1S/C16H14N4O5S/c17-15(22)9-1-4-11(5-2-9)19-14(21)8-26-13-6-3-10(16(18)23)7-12(13)20(24)25/h1-7H,8H2,(H2,17,22)(H2,18,23)(H,19,21). The first-order valence-electron chi connectivity index (χ1n) is 7.18. The molecule has 0 aromatic heterocycles. The summed E-state index contributed by atoms with van der Waals surface area (Å²) in [6.07, 6.45) is 0. The van der Waals surface area contributed by atoms with E-state index in [-0.39, 0.29) is 21.9 Å². The molecule has 0 atom stereocenters. The number of benzene rings is 2. The summed E-state index contributed by atoms with van der Waals surface area (Å²) in [7, 11) is 0. The Morgan fingerprint density at radius 3 is 2.12 bits per heavy atom. The Balaban J connectivity index is 2.03. The van der Waals surface area contributed by atoms with Crippen molar-refractivity contribution in [2.75, 3.05) is 11.1 Å². The van der Waals surface area contributed by atoms with Gasteiger partial charge in [-0.05, 0) is 36.4 Å². The molecule has 9 nitrogen and oxygen atoms in total. The average molecular weight is 374 g/mol. The molecule has 0 spiro atoms. The minimum absolute atomic E-state index is 0.0139. The van der Waals surface area contributed by atoms with E-state index in [1.165, 1.54) is 36.4 Å². The van der Waals surface area contributed by atoms with Gasteiger partial charge in [-0.25, -0.2) is 0 Å². The topological polar surface area (TPSA) is 158 Å². The molecule has 0 saturated carbocycles. The van der Waals surface area contributed by atoms with Crippen LogP contribution in [-0.2, 0) is 4.79 Å². The molecular weight excluding hydrogens is 360 g/mol. The van der Waals surface area contributed by atoms with Crippen molar-refractivity contribution >= 4 is 40.9 Å². The Labute approximate surface area is 151 Å². The van der Waals surface area contributed by atoms with Crippen molar-refractivity contribution in [1.29, 1.82) is 0 Å². The van der Waals surface area contributed by atoms with Gasteiger partial charge in [0, 0.05) is 22.9 Å². The number of thioether (sulfide) groups is 1. The van der Waals surface area contributed by atoms with Crippen LogP contribution in [0.5, 0.6) is 0 Å². The first-order valence-corrected chi connectivity index (χ1v) is 8.17. The van der Waals surface area contributed by atoms with Crippen LogP contribution >= 0.6 is 11.8 Å². The van der Waals surface area contributed by atoms with Gasteiger partial charge in [-0.2, -0.15) is 0 Å². The summed E-state index contributed by atoms with van der Waals surface area (Å²) in [4.78, 5) is 44.8. The predicted molar refractivity (Wildman–Crippen MR) is 95.9 cm³/mol. The van der Waals surface area contributed by atoms with Crippen LogP contribution in [0.3, 0.4) is 0 Å². The smallest absolute Gasteiger partial charge is 0.283 e. The number of nitrogens with one attached hydrogen (secondary N) is 1. The number of carbonyl (C=O) groups is 3. The zero-order chi connectivity index (χ0) is 19.3. The van der Waals surface area contributed by atoms with Gasteiger partial charge in [0.25, 0.3) is 5.69 Å². The maximum absolute atomic E-state index is 12.0. The lowest BCUT2D eigenvalue weighted by Crippen LogP contribution is -2.15. The van der Waals surface area contributed by atoms with Gasteiger partial charge in [-0.1, -0.05) is 0 Å². The second-order valence-corrected chi connectivity index (χ2v) is 6.10. The lowest BCUT2D eigenvalue weighted by molar-refractivity contribution is -0.387. The highest BCUT2D eigenvalue weighted by atomic mass is 32.2. The quantitative estimate of drug-likeness (QED) is 0.378. The van der Waals surface area contributed by atoms with Gasteiger partial charge in [-0.15, -0.1) is 11.8 Å². The molecule has 10 heteroatoms. The number of nitro benzene ring substituents is 1. The Hall–Kier alpha value is -3.40. The fourth-order valence-corrected chi connectivity index (χ4v) is 2.80. The van der Waals surface area contributed by atoms with E-state index in [1.807, 2.05) is 0 Å². The second-order valence-electron chi connectivity index (χ2n) is 5.08. The SMILES string of the molecule is NC(=O)c1ccc(NC(=O)CSc2ccc(C(N)=O)cc2[N+](=O)[O-])cc1. The zero-order valence-electron chi connectivity index (χ0n) is 13.3. The Morgan fingerprint density at radius 1 is 1.00 bits per heavy atom. The number of rotatable bonds is 7. The van der Waals surface area contributed by atoms with Crippen LogP contribution in [-0.4, -0.2) is 28.4 Å². The van der Waals surface area contributed by atoms with Gasteiger partial charge < -0.3 is 16.8 Å². The van der Waals surface area contributed by atoms with Gasteiger partial charge in [0.2, 0.25) is 17.7 Å². The van der Waals surface area contributed by atoms with E-state index in [0.717, 1.165) is 17.8 Å². The van der Waals surface area contributed by atoms with Crippen LogP contribution in [0.1, 0.15) is 20.7 Å². The van der Waals surface area contributed by atoms with E-state index >= 15 is 0 Å². The normalized spacial score (nSPS) is 10.2. The first kappa shape index (κ1) is 18.9. The number of nitro groups is 1. The lowest BCUT2D eigenvalue weighted by Gasteiger charge is -2.07. The number of amides is 3. The summed E-state index contributed by atoms with van der Waals surface area (Å²) in [6, 6.07) is 9.79. The molecule has 0 aliphatic heterocycles. The van der Waals surface area contributed by atoms with E-state index in [2.05, 4.69) is 5.32 Å². The first-order chi connectivity index (χ1) is 12.3. The molecule has 0 radical (unpaired) electrons. The summed E-state index contributed by atoms with van der Waals surface area (Å²) >= 11 is 0.951. The third-order valence-corrected chi connectivity index (χ3v) is 4.31. The monoisotopic (exact) mass is 374 g/mol. The highest BCUT2D eigenvalue weighted by Crippen LogP contribution is 2.30. The summed E-state index contributed by atoms with van der Waals surface area (Å²) in [5, 5.41) is 13.7. The van der Waals surface area contributed by atoms with Crippen molar-refractivity contribution in [1.82, 2.24) is 0 Å². The van der Waals surface area contributed by atoms with E-state index < -0.39 is 22.6 Å². The fourth-order valence-electron chi connectivity index (χ4n) is 1.99. The van der Waals surface area contributed by atoms with Crippen LogP contribution in [0.25, 0.3) is 0 Å². The van der Waals surface area contributed by atoms with Crippen molar-refractivity contribution < 1.29 is 19.3 Å². The summed E-state index contributed by atoms with van der Waals surface area (Å²) < 4.78 is 0. The van der Waals surface area contributed by atoms with Crippen molar-refractivity contribution in [2.45, 2.75) is 4.90 Å². The number of nitrogens with two attached hydrogens (primary N) is 2. The number of hydrogen-bond donors (Lipinski definition) is 3.